The number of nitrogens with one attached hydrogen (secondary N) is 3. The van der Waals surface area contributed by atoms with E-state index in [4.69, 9.17) is 5.73 Å². The fourth-order valence-corrected chi connectivity index (χ4v) is 10.2. The lowest BCUT2D eigenvalue weighted by atomic mass is 9.83. The maximum absolute atomic E-state index is 14.4. The second kappa shape index (κ2) is 13.7. The van der Waals surface area contributed by atoms with E-state index in [1.807, 2.05) is 40.7 Å². The predicted octanol–water partition coefficient (Wildman–Crippen LogP) is 2.84. The first-order valence-corrected chi connectivity index (χ1v) is 19.4. The molecule has 1 aliphatic heterocycles. The van der Waals surface area contributed by atoms with Gasteiger partial charge in [0.15, 0.2) is 9.84 Å². The molecule has 0 radical (unpaired) electrons. The minimum absolute atomic E-state index is 0.0516. The van der Waals surface area contributed by atoms with Gasteiger partial charge in [0.1, 0.15) is 12.1 Å². The third-order valence-electron chi connectivity index (χ3n) is 11.2. The summed E-state index contributed by atoms with van der Waals surface area (Å²) in [5.74, 6) is -3.12. The van der Waals surface area contributed by atoms with Gasteiger partial charge in [-0.2, -0.15) is 0 Å². The van der Waals surface area contributed by atoms with Crippen LogP contribution < -0.4 is 21.7 Å². The summed E-state index contributed by atoms with van der Waals surface area (Å²) < 4.78 is 26.8. The molecular weight excluding hydrogens is 646 g/mol. The molecule has 0 bridgehead atoms. The molecule has 3 saturated carbocycles. The monoisotopic (exact) mass is 699 g/mol. The van der Waals surface area contributed by atoms with Crippen molar-refractivity contribution >= 4 is 39.4 Å². The van der Waals surface area contributed by atoms with Gasteiger partial charge in [0, 0.05) is 6.54 Å². The van der Waals surface area contributed by atoms with Crippen LogP contribution in [0.2, 0.25) is 0 Å². The number of urea groups is 1. The first-order valence-electron chi connectivity index (χ1n) is 17.6. The van der Waals surface area contributed by atoms with E-state index in [2.05, 4.69) is 16.0 Å². The van der Waals surface area contributed by atoms with Gasteiger partial charge in [-0.15, -0.1) is 0 Å². The molecule has 1 aromatic carbocycles. The van der Waals surface area contributed by atoms with Gasteiger partial charge in [-0.3, -0.25) is 19.2 Å². The molecule has 5 rings (SSSR count). The van der Waals surface area contributed by atoms with E-state index in [0.29, 0.717) is 31.4 Å². The quantitative estimate of drug-likeness (QED) is 0.228. The van der Waals surface area contributed by atoms with Crippen LogP contribution in [-0.4, -0.2) is 78.8 Å². The number of piperidine rings is 1. The Morgan fingerprint density at radius 3 is 2.18 bits per heavy atom. The minimum Gasteiger partial charge on any atom is -0.363 e. The van der Waals surface area contributed by atoms with Crippen LogP contribution >= 0.6 is 0 Å². The number of Topliss-reactive ketones (excluding diaryl/α,β-unsaturated/α-hetero) is 1. The Hall–Kier alpha value is -3.48. The number of benzene rings is 1. The second-order valence-electron chi connectivity index (χ2n) is 16.6. The van der Waals surface area contributed by atoms with E-state index < -0.39 is 68.5 Å². The molecule has 1 heterocycles. The average molecular weight is 700 g/mol. The summed E-state index contributed by atoms with van der Waals surface area (Å²) >= 11 is 0. The highest BCUT2D eigenvalue weighted by Gasteiger charge is 2.70. The van der Waals surface area contributed by atoms with Gasteiger partial charge in [0.2, 0.25) is 17.6 Å². The number of hydrogen-bond acceptors (Lipinski definition) is 7. The van der Waals surface area contributed by atoms with E-state index in [0.717, 1.165) is 32.1 Å². The third kappa shape index (κ3) is 8.46. The van der Waals surface area contributed by atoms with Crippen molar-refractivity contribution in [1.82, 2.24) is 20.9 Å². The van der Waals surface area contributed by atoms with Crippen molar-refractivity contribution in [3.8, 4) is 0 Å². The molecule has 5 atom stereocenters. The van der Waals surface area contributed by atoms with Crippen LogP contribution in [0.3, 0.4) is 0 Å². The Bertz CT molecular complexity index is 1560. The zero-order chi connectivity index (χ0) is 35.9. The van der Waals surface area contributed by atoms with Gasteiger partial charge < -0.3 is 26.6 Å². The van der Waals surface area contributed by atoms with Gasteiger partial charge in [0.25, 0.3) is 5.91 Å². The second-order valence-corrected chi connectivity index (χ2v) is 18.7. The Morgan fingerprint density at radius 2 is 1.61 bits per heavy atom. The number of carbonyl (C=O) groups is 5. The van der Waals surface area contributed by atoms with Gasteiger partial charge in [-0.05, 0) is 53.4 Å². The van der Waals surface area contributed by atoms with Crippen LogP contribution in [0.1, 0.15) is 91.5 Å². The highest BCUT2D eigenvalue weighted by molar-refractivity contribution is 7.90. The number of ketones is 1. The number of nitrogens with zero attached hydrogens (tertiary/aromatic N) is 1. The van der Waals surface area contributed by atoms with Crippen LogP contribution in [0.25, 0.3) is 0 Å². The first kappa shape index (κ1) is 36.8. The lowest BCUT2D eigenvalue weighted by molar-refractivity contribution is -0.145. The minimum atomic E-state index is -3.59. The maximum Gasteiger partial charge on any atom is 0.315 e. The summed E-state index contributed by atoms with van der Waals surface area (Å²) in [5.41, 5.74) is 4.03. The number of amides is 5. The molecule has 5 N–H and O–H groups in total. The zero-order valence-electron chi connectivity index (χ0n) is 29.4. The molecule has 4 unspecified atom stereocenters. The van der Waals surface area contributed by atoms with Crippen LogP contribution in [0.5, 0.6) is 0 Å². The highest BCUT2D eigenvalue weighted by Crippen LogP contribution is 2.65. The molecular formula is C36H53N5O7S. The summed E-state index contributed by atoms with van der Waals surface area (Å²) in [5, 5.41) is 8.64. The van der Waals surface area contributed by atoms with E-state index in [9.17, 15) is 32.4 Å². The SMILES string of the molecule is CC1(C)C2CN(C(=O)[C@@H](NC(=O)NC3(CS(=O)(=O)Cc4ccccc4)CCCCC3)C(C)(C)C)C(C(=O)NC(CC3CC3)C(=O)C(N)=O)C21. The number of sulfone groups is 1. The lowest BCUT2D eigenvalue weighted by Gasteiger charge is -2.40. The Morgan fingerprint density at radius 1 is 0.980 bits per heavy atom. The molecule has 4 fully saturated rings. The van der Waals surface area contributed by atoms with Crippen molar-refractivity contribution in [2.75, 3.05) is 12.3 Å². The molecule has 12 nitrogen and oxygen atoms in total. The van der Waals surface area contributed by atoms with Crippen molar-refractivity contribution in [3.05, 3.63) is 35.9 Å². The molecule has 4 aliphatic rings. The number of fused-ring (bicyclic) bond motifs is 1. The Balaban J connectivity index is 1.33. The normalized spacial score (nSPS) is 25.3. The van der Waals surface area contributed by atoms with Crippen LogP contribution in [0, 0.1) is 28.6 Å². The topological polar surface area (TPSA) is 185 Å². The van der Waals surface area contributed by atoms with E-state index in [1.54, 1.807) is 24.3 Å². The number of primary amides is 1. The number of carbonyl (C=O) groups excluding carboxylic acids is 5. The maximum atomic E-state index is 14.4. The molecule has 1 aromatic rings. The summed E-state index contributed by atoms with van der Waals surface area (Å²) in [6.45, 7) is 9.87. The Kier molecular flexibility index (Phi) is 10.3. The zero-order valence-corrected chi connectivity index (χ0v) is 30.2. The van der Waals surface area contributed by atoms with Crippen molar-refractivity contribution in [2.24, 2.45) is 34.3 Å². The molecule has 3 aliphatic carbocycles. The fourth-order valence-electron chi connectivity index (χ4n) is 8.22. The van der Waals surface area contributed by atoms with Gasteiger partial charge in [-0.25, -0.2) is 13.2 Å². The number of rotatable bonds is 13. The summed E-state index contributed by atoms with van der Waals surface area (Å²) in [6, 6.07) is 5.34. The van der Waals surface area contributed by atoms with Crippen LogP contribution in [0.4, 0.5) is 4.79 Å². The van der Waals surface area contributed by atoms with Gasteiger partial charge in [-0.1, -0.05) is 97.1 Å². The van der Waals surface area contributed by atoms with E-state index in [1.165, 1.54) is 4.90 Å². The molecule has 1 saturated heterocycles. The smallest absolute Gasteiger partial charge is 0.315 e. The first-order chi connectivity index (χ1) is 22.8. The molecule has 270 valence electrons. The van der Waals surface area contributed by atoms with Gasteiger partial charge in [0.05, 0.1) is 23.1 Å². The largest absolute Gasteiger partial charge is 0.363 e. The molecule has 49 heavy (non-hydrogen) atoms. The van der Waals surface area contributed by atoms with Gasteiger partial charge >= 0.3 is 6.03 Å². The molecule has 0 aromatic heterocycles. The summed E-state index contributed by atoms with van der Waals surface area (Å²) in [7, 11) is -3.59. The molecule has 5 amide bonds. The Labute approximate surface area is 290 Å². The summed E-state index contributed by atoms with van der Waals surface area (Å²) in [4.78, 5) is 68.1. The highest BCUT2D eigenvalue weighted by atomic mass is 32.2. The molecule has 0 spiro atoms. The van der Waals surface area contributed by atoms with Crippen LogP contribution in [-0.2, 0) is 34.8 Å². The number of nitrogens with two attached hydrogens (primary N) is 1. The van der Waals surface area contributed by atoms with Crippen molar-refractivity contribution in [3.63, 3.8) is 0 Å². The van der Waals surface area contributed by atoms with E-state index in [-0.39, 0.29) is 34.7 Å². The number of hydrogen-bond donors (Lipinski definition) is 4. The van der Waals surface area contributed by atoms with Crippen molar-refractivity contribution < 1.29 is 32.4 Å². The average Bonchev–Trinajstić information content (AvgIpc) is 3.86. The fraction of sp³-hybridized carbons (Fsp3) is 0.694. The molecule has 13 heteroatoms. The van der Waals surface area contributed by atoms with Crippen molar-refractivity contribution in [1.29, 1.82) is 0 Å². The lowest BCUT2D eigenvalue weighted by Crippen LogP contribution is -2.64. The third-order valence-corrected chi connectivity index (χ3v) is 13.0. The van der Waals surface area contributed by atoms with E-state index >= 15 is 0 Å². The van der Waals surface area contributed by atoms with Crippen LogP contribution in [0.15, 0.2) is 30.3 Å². The number of likely N-dealkylation sites (tertiary alicyclic amines) is 1. The standard InChI is InChI=1S/C36H53N5O7S/c1-34(2,3)29(39-33(46)40-36(16-10-7-11-17-36)21-49(47,48)20-23-12-8-6-9-13-23)32(45)41-19-24-26(35(24,4)5)27(41)31(44)38-25(18-22-14-15-22)28(42)30(37)43/h6,8-9,12-13,22,24-27,29H,7,10-11,14-21H2,1-5H3,(H2,37,43)(H,38,44)(H2,39,40,46)/t24?,25?,26?,27?,29-/m1/s1. The summed E-state index contributed by atoms with van der Waals surface area (Å²) in [6.07, 6.45) is 5.62. The predicted molar refractivity (Wildman–Crippen MR) is 184 cm³/mol. The van der Waals surface area contributed by atoms with Crippen molar-refractivity contribution in [2.45, 2.75) is 115 Å².